The number of aromatic nitrogens is 2. The van der Waals surface area contributed by atoms with Gasteiger partial charge in [-0.1, -0.05) is 0 Å². The summed E-state index contributed by atoms with van der Waals surface area (Å²) in [5.41, 5.74) is 4.02. The molecule has 0 atom stereocenters. The van der Waals surface area contributed by atoms with Crippen molar-refractivity contribution in [3.8, 4) is 0 Å². The molecule has 25 heavy (non-hydrogen) atoms. The van der Waals surface area contributed by atoms with Gasteiger partial charge in [-0.05, 0) is 46.0 Å². The van der Waals surface area contributed by atoms with Crippen LogP contribution in [0.4, 0.5) is 0 Å². The minimum Gasteiger partial charge on any atom is -0.465 e. The number of amides is 1. The molecule has 1 aliphatic heterocycles. The molecule has 0 aromatic carbocycles. The van der Waals surface area contributed by atoms with Crippen molar-refractivity contribution in [3.05, 3.63) is 46.4 Å². The van der Waals surface area contributed by atoms with Crippen LogP contribution in [0.5, 0.6) is 0 Å². The van der Waals surface area contributed by atoms with E-state index in [0.717, 1.165) is 80.1 Å². The Hall–Kier alpha value is -2.17. The van der Waals surface area contributed by atoms with Gasteiger partial charge in [-0.25, -0.2) is 0 Å². The van der Waals surface area contributed by atoms with Crippen molar-refractivity contribution in [1.82, 2.24) is 14.9 Å². The van der Waals surface area contributed by atoms with Crippen LogP contribution in [0.15, 0.2) is 16.8 Å². The quantitative estimate of drug-likeness (QED) is 0.839. The summed E-state index contributed by atoms with van der Waals surface area (Å²) >= 11 is 0. The number of aryl methyl sites for hydroxylation is 3. The molecule has 0 bridgehead atoms. The van der Waals surface area contributed by atoms with Crippen LogP contribution in [0, 0.1) is 13.8 Å². The highest BCUT2D eigenvalue weighted by atomic mass is 16.3. The van der Waals surface area contributed by atoms with Crippen molar-refractivity contribution in [2.75, 3.05) is 13.1 Å². The van der Waals surface area contributed by atoms with Crippen molar-refractivity contribution in [2.24, 2.45) is 0 Å². The molecule has 0 saturated carbocycles. The van der Waals surface area contributed by atoms with E-state index >= 15 is 0 Å². The lowest BCUT2D eigenvalue weighted by atomic mass is 9.91. The monoisotopic (exact) mass is 339 g/mol. The molecule has 1 saturated heterocycles. The van der Waals surface area contributed by atoms with E-state index in [0.29, 0.717) is 5.92 Å². The van der Waals surface area contributed by atoms with Crippen LogP contribution < -0.4 is 0 Å². The van der Waals surface area contributed by atoms with Crippen LogP contribution in [0.3, 0.4) is 0 Å². The first-order chi connectivity index (χ1) is 12.1. The standard InChI is InChI=1S/C20H25N3O2/c1-13-11-21-12-17(22-13)15-7-9-23(10-8-15)20(24)19-14(2)25-18-6-4-3-5-16(18)19/h11-12,15H,3-10H2,1-2H3. The highest BCUT2D eigenvalue weighted by Gasteiger charge is 2.31. The summed E-state index contributed by atoms with van der Waals surface area (Å²) in [7, 11) is 0. The summed E-state index contributed by atoms with van der Waals surface area (Å²) in [5, 5.41) is 0. The fourth-order valence-electron chi connectivity index (χ4n) is 4.20. The lowest BCUT2D eigenvalue weighted by Crippen LogP contribution is -2.38. The average Bonchev–Trinajstić information content (AvgIpc) is 2.97. The zero-order valence-corrected chi connectivity index (χ0v) is 15.0. The number of rotatable bonds is 2. The smallest absolute Gasteiger partial charge is 0.257 e. The van der Waals surface area contributed by atoms with Gasteiger partial charge in [-0.2, -0.15) is 0 Å². The molecule has 5 nitrogen and oxygen atoms in total. The Kier molecular flexibility index (Phi) is 4.32. The normalized spacial score (nSPS) is 18.2. The number of fused-ring (bicyclic) bond motifs is 1. The minimum absolute atomic E-state index is 0.151. The molecule has 132 valence electrons. The summed E-state index contributed by atoms with van der Waals surface area (Å²) in [6.45, 7) is 5.46. The molecule has 1 amide bonds. The molecule has 0 radical (unpaired) electrons. The zero-order chi connectivity index (χ0) is 17.4. The maximum Gasteiger partial charge on any atom is 0.257 e. The fraction of sp³-hybridized carbons (Fsp3) is 0.550. The lowest BCUT2D eigenvalue weighted by Gasteiger charge is -2.32. The number of piperidine rings is 1. The van der Waals surface area contributed by atoms with Gasteiger partial charge in [0.15, 0.2) is 0 Å². The van der Waals surface area contributed by atoms with E-state index in [-0.39, 0.29) is 5.91 Å². The third kappa shape index (κ3) is 3.08. The average molecular weight is 339 g/mol. The van der Waals surface area contributed by atoms with E-state index in [2.05, 4.69) is 9.97 Å². The van der Waals surface area contributed by atoms with Gasteiger partial charge in [0.25, 0.3) is 5.91 Å². The second kappa shape index (κ2) is 6.62. The number of furan rings is 1. The molecule has 2 aromatic rings. The highest BCUT2D eigenvalue weighted by molar-refractivity contribution is 5.97. The molecule has 4 rings (SSSR count). The molecule has 0 unspecified atom stereocenters. The number of likely N-dealkylation sites (tertiary alicyclic amines) is 1. The summed E-state index contributed by atoms with van der Waals surface area (Å²) in [6, 6.07) is 0. The Morgan fingerprint density at radius 2 is 1.92 bits per heavy atom. The number of carbonyl (C=O) groups is 1. The van der Waals surface area contributed by atoms with Gasteiger partial charge >= 0.3 is 0 Å². The predicted molar refractivity (Wildman–Crippen MR) is 94.7 cm³/mol. The summed E-state index contributed by atoms with van der Waals surface area (Å²) in [4.78, 5) is 23.9. The van der Waals surface area contributed by atoms with Gasteiger partial charge in [0.1, 0.15) is 11.5 Å². The van der Waals surface area contributed by atoms with E-state index in [1.165, 1.54) is 5.56 Å². The fourth-order valence-corrected chi connectivity index (χ4v) is 4.20. The van der Waals surface area contributed by atoms with Gasteiger partial charge in [0, 0.05) is 43.4 Å². The van der Waals surface area contributed by atoms with Crippen LogP contribution in [0.2, 0.25) is 0 Å². The Labute approximate surface area is 148 Å². The molecular formula is C20H25N3O2. The van der Waals surface area contributed by atoms with E-state index in [4.69, 9.17) is 4.42 Å². The second-order valence-corrected chi connectivity index (χ2v) is 7.29. The molecule has 5 heteroatoms. The predicted octanol–water partition coefficient (Wildman–Crippen LogP) is 3.59. The number of nitrogens with zero attached hydrogens (tertiary/aromatic N) is 3. The first-order valence-electron chi connectivity index (χ1n) is 9.32. The number of hydrogen-bond donors (Lipinski definition) is 0. The van der Waals surface area contributed by atoms with Crippen molar-refractivity contribution in [2.45, 2.75) is 58.3 Å². The first kappa shape index (κ1) is 16.3. The maximum atomic E-state index is 13.1. The van der Waals surface area contributed by atoms with Gasteiger partial charge < -0.3 is 9.32 Å². The van der Waals surface area contributed by atoms with Gasteiger partial charge in [-0.3, -0.25) is 14.8 Å². The molecule has 1 aliphatic carbocycles. The molecular weight excluding hydrogens is 314 g/mol. The maximum absolute atomic E-state index is 13.1. The van der Waals surface area contributed by atoms with Crippen LogP contribution >= 0.6 is 0 Å². The minimum atomic E-state index is 0.151. The van der Waals surface area contributed by atoms with E-state index in [1.807, 2.05) is 24.9 Å². The van der Waals surface area contributed by atoms with Crippen LogP contribution in [0.1, 0.15) is 70.4 Å². The Balaban J connectivity index is 1.48. The van der Waals surface area contributed by atoms with Crippen LogP contribution in [0.25, 0.3) is 0 Å². The van der Waals surface area contributed by atoms with Crippen molar-refractivity contribution in [3.63, 3.8) is 0 Å². The van der Waals surface area contributed by atoms with E-state index in [9.17, 15) is 4.79 Å². The molecule has 1 fully saturated rings. The van der Waals surface area contributed by atoms with Gasteiger partial charge in [0.05, 0.1) is 17.0 Å². The molecule has 2 aromatic heterocycles. The summed E-state index contributed by atoms with van der Waals surface area (Å²) < 4.78 is 5.89. The van der Waals surface area contributed by atoms with Gasteiger partial charge in [0.2, 0.25) is 0 Å². The SMILES string of the molecule is Cc1cncc(C2CCN(C(=O)c3c(C)oc4c3CCCC4)CC2)n1. The lowest BCUT2D eigenvalue weighted by molar-refractivity contribution is 0.0709. The van der Waals surface area contributed by atoms with Crippen LogP contribution in [-0.4, -0.2) is 33.9 Å². The Morgan fingerprint density at radius 3 is 2.68 bits per heavy atom. The van der Waals surface area contributed by atoms with E-state index < -0.39 is 0 Å². The molecule has 3 heterocycles. The van der Waals surface area contributed by atoms with Gasteiger partial charge in [-0.15, -0.1) is 0 Å². The van der Waals surface area contributed by atoms with Crippen molar-refractivity contribution >= 4 is 5.91 Å². The number of hydrogen-bond acceptors (Lipinski definition) is 4. The molecule has 2 aliphatic rings. The van der Waals surface area contributed by atoms with E-state index in [1.54, 1.807) is 6.20 Å². The molecule has 0 spiro atoms. The second-order valence-electron chi connectivity index (χ2n) is 7.29. The van der Waals surface area contributed by atoms with Crippen LogP contribution in [-0.2, 0) is 12.8 Å². The Bertz CT molecular complexity index is 788. The topological polar surface area (TPSA) is 59.2 Å². The third-order valence-corrected chi connectivity index (χ3v) is 5.54. The summed E-state index contributed by atoms with van der Waals surface area (Å²) in [6.07, 6.45) is 9.81. The molecule has 0 N–H and O–H groups in total. The van der Waals surface area contributed by atoms with Crippen molar-refractivity contribution in [1.29, 1.82) is 0 Å². The highest BCUT2D eigenvalue weighted by Crippen LogP contribution is 2.32. The summed E-state index contributed by atoms with van der Waals surface area (Å²) in [5.74, 6) is 2.38. The first-order valence-corrected chi connectivity index (χ1v) is 9.32. The Morgan fingerprint density at radius 1 is 1.16 bits per heavy atom. The number of carbonyl (C=O) groups excluding carboxylic acids is 1. The largest absolute Gasteiger partial charge is 0.465 e. The van der Waals surface area contributed by atoms with Crippen molar-refractivity contribution < 1.29 is 9.21 Å². The third-order valence-electron chi connectivity index (χ3n) is 5.54. The zero-order valence-electron chi connectivity index (χ0n) is 15.0.